The van der Waals surface area contributed by atoms with Gasteiger partial charge in [-0.15, -0.1) is 0 Å². The third kappa shape index (κ3) is 6.14. The molecule has 0 spiro atoms. The summed E-state index contributed by atoms with van der Waals surface area (Å²) < 4.78 is 11.2. The Morgan fingerprint density at radius 1 is 1.00 bits per heavy atom. The molecule has 0 radical (unpaired) electrons. The Bertz CT molecular complexity index is 497. The van der Waals surface area contributed by atoms with E-state index in [0.717, 1.165) is 49.7 Å². The van der Waals surface area contributed by atoms with Gasteiger partial charge in [-0.25, -0.2) is 4.79 Å². The van der Waals surface area contributed by atoms with Crippen LogP contribution in [0.2, 0.25) is 0 Å². The number of unbranched alkanes of at least 4 members (excludes halogenated alkanes) is 1. The Hall–Kier alpha value is -1.35. The van der Waals surface area contributed by atoms with Crippen LogP contribution in [0.4, 0.5) is 0 Å². The van der Waals surface area contributed by atoms with E-state index >= 15 is 0 Å². The zero-order valence-corrected chi connectivity index (χ0v) is 16.1. The van der Waals surface area contributed by atoms with Gasteiger partial charge in [-0.1, -0.05) is 25.5 Å². The molecule has 0 aromatic rings. The maximum absolute atomic E-state index is 12.8. The molecule has 0 saturated carbocycles. The smallest absolute Gasteiger partial charge is 0.337 e. The summed E-state index contributed by atoms with van der Waals surface area (Å²) in [6, 6.07) is 0. The standard InChI is InChI=1S/C22H34O3/c1-3-5-16-25-22(23)20(17-24-4-2)21(18-12-8-6-9-13-18)19-14-10-7-11-15-19/h12,14H,3-11,13,15-17H2,1-2H3. The first-order valence-electron chi connectivity index (χ1n) is 10.1. The second kappa shape index (κ2) is 11.3. The van der Waals surface area contributed by atoms with Crippen LogP contribution in [-0.4, -0.2) is 25.8 Å². The molecule has 3 heteroatoms. The Morgan fingerprint density at radius 2 is 1.64 bits per heavy atom. The monoisotopic (exact) mass is 346 g/mol. The minimum absolute atomic E-state index is 0.185. The van der Waals surface area contributed by atoms with Crippen molar-refractivity contribution in [2.24, 2.45) is 0 Å². The molecule has 0 aromatic heterocycles. The first kappa shape index (κ1) is 20.0. The quantitative estimate of drug-likeness (QED) is 0.307. The molecule has 3 nitrogen and oxygen atoms in total. The van der Waals surface area contributed by atoms with Crippen molar-refractivity contribution in [2.45, 2.75) is 78.1 Å². The molecule has 0 aromatic carbocycles. The Balaban J connectivity index is 2.37. The molecule has 0 aliphatic heterocycles. The highest BCUT2D eigenvalue weighted by Crippen LogP contribution is 2.36. The van der Waals surface area contributed by atoms with Crippen molar-refractivity contribution in [3.8, 4) is 0 Å². The summed E-state index contributed by atoms with van der Waals surface area (Å²) in [5.41, 5.74) is 4.55. The molecule has 0 bridgehead atoms. The largest absolute Gasteiger partial charge is 0.462 e. The van der Waals surface area contributed by atoms with Crippen LogP contribution in [0.15, 0.2) is 34.4 Å². The highest BCUT2D eigenvalue weighted by molar-refractivity contribution is 5.92. The molecular weight excluding hydrogens is 312 g/mol. The number of ether oxygens (including phenoxy) is 2. The van der Waals surface area contributed by atoms with Crippen LogP contribution < -0.4 is 0 Å². The average molecular weight is 347 g/mol. The fraction of sp³-hybridized carbons (Fsp3) is 0.682. The summed E-state index contributed by atoms with van der Waals surface area (Å²) in [5, 5.41) is 0. The lowest BCUT2D eigenvalue weighted by molar-refractivity contribution is -0.139. The molecule has 140 valence electrons. The topological polar surface area (TPSA) is 35.5 Å². The second-order valence-corrected chi connectivity index (χ2v) is 6.93. The van der Waals surface area contributed by atoms with Crippen molar-refractivity contribution < 1.29 is 14.3 Å². The van der Waals surface area contributed by atoms with Gasteiger partial charge in [0.15, 0.2) is 0 Å². The zero-order chi connectivity index (χ0) is 17.9. The van der Waals surface area contributed by atoms with Gasteiger partial charge in [0.25, 0.3) is 0 Å². The molecule has 0 heterocycles. The number of carbonyl (C=O) groups is 1. The van der Waals surface area contributed by atoms with Crippen LogP contribution in [0.3, 0.4) is 0 Å². The molecule has 0 atom stereocenters. The average Bonchev–Trinajstić information content (AvgIpc) is 2.66. The summed E-state index contributed by atoms with van der Waals surface area (Å²) in [6.07, 6.45) is 15.8. The number of carbonyl (C=O) groups excluding carboxylic acids is 1. The van der Waals surface area contributed by atoms with Crippen LogP contribution in [-0.2, 0) is 14.3 Å². The van der Waals surface area contributed by atoms with Gasteiger partial charge in [0.05, 0.1) is 18.8 Å². The number of esters is 1. The van der Waals surface area contributed by atoms with Gasteiger partial charge < -0.3 is 9.47 Å². The van der Waals surface area contributed by atoms with Gasteiger partial charge in [-0.3, -0.25) is 0 Å². The fourth-order valence-corrected chi connectivity index (χ4v) is 3.56. The van der Waals surface area contributed by atoms with E-state index in [1.165, 1.54) is 36.8 Å². The lowest BCUT2D eigenvalue weighted by Crippen LogP contribution is -2.18. The molecule has 0 saturated heterocycles. The van der Waals surface area contributed by atoms with Crippen LogP contribution in [0.5, 0.6) is 0 Å². The van der Waals surface area contributed by atoms with Crippen LogP contribution in [0.1, 0.15) is 78.1 Å². The van der Waals surface area contributed by atoms with Gasteiger partial charge in [-0.2, -0.15) is 0 Å². The fourth-order valence-electron chi connectivity index (χ4n) is 3.56. The van der Waals surface area contributed by atoms with Crippen molar-refractivity contribution in [1.82, 2.24) is 0 Å². The Labute approximate surface area is 153 Å². The summed E-state index contributed by atoms with van der Waals surface area (Å²) in [4.78, 5) is 12.8. The number of hydrogen-bond donors (Lipinski definition) is 0. The predicted molar refractivity (Wildman–Crippen MR) is 102 cm³/mol. The predicted octanol–water partition coefficient (Wildman–Crippen LogP) is 5.66. The minimum Gasteiger partial charge on any atom is -0.462 e. The lowest BCUT2D eigenvalue weighted by atomic mass is 9.82. The van der Waals surface area contributed by atoms with E-state index in [9.17, 15) is 4.79 Å². The number of allylic oxidation sites excluding steroid dienone is 5. The van der Waals surface area contributed by atoms with E-state index < -0.39 is 0 Å². The third-order valence-corrected chi connectivity index (χ3v) is 4.95. The third-order valence-electron chi connectivity index (χ3n) is 4.95. The first-order valence-corrected chi connectivity index (χ1v) is 10.1. The van der Waals surface area contributed by atoms with Gasteiger partial charge in [0.1, 0.15) is 0 Å². The summed E-state index contributed by atoms with van der Waals surface area (Å²) in [6.45, 7) is 5.54. The molecular formula is C22H34O3. The van der Waals surface area contributed by atoms with Crippen molar-refractivity contribution >= 4 is 5.97 Å². The van der Waals surface area contributed by atoms with Crippen molar-refractivity contribution in [3.05, 3.63) is 34.4 Å². The zero-order valence-electron chi connectivity index (χ0n) is 16.1. The summed E-state index contributed by atoms with van der Waals surface area (Å²) in [7, 11) is 0. The highest BCUT2D eigenvalue weighted by atomic mass is 16.5. The highest BCUT2D eigenvalue weighted by Gasteiger charge is 2.24. The van der Waals surface area contributed by atoms with E-state index in [2.05, 4.69) is 19.1 Å². The van der Waals surface area contributed by atoms with Gasteiger partial charge in [-0.05, 0) is 81.4 Å². The summed E-state index contributed by atoms with van der Waals surface area (Å²) in [5.74, 6) is -0.185. The van der Waals surface area contributed by atoms with E-state index in [-0.39, 0.29) is 5.97 Å². The van der Waals surface area contributed by atoms with Crippen molar-refractivity contribution in [3.63, 3.8) is 0 Å². The minimum atomic E-state index is -0.185. The van der Waals surface area contributed by atoms with Crippen LogP contribution >= 0.6 is 0 Å². The SMILES string of the molecule is CCCCOC(=O)C(COCC)=C(C1=CCCCC1)C1=CCCCC1. The molecule has 0 unspecified atom stereocenters. The molecule has 0 fully saturated rings. The summed E-state index contributed by atoms with van der Waals surface area (Å²) >= 11 is 0. The van der Waals surface area contributed by atoms with E-state index in [0.29, 0.717) is 19.8 Å². The number of hydrogen-bond acceptors (Lipinski definition) is 3. The molecule has 0 amide bonds. The van der Waals surface area contributed by atoms with Crippen molar-refractivity contribution in [2.75, 3.05) is 19.8 Å². The van der Waals surface area contributed by atoms with Gasteiger partial charge >= 0.3 is 5.97 Å². The van der Waals surface area contributed by atoms with Gasteiger partial charge in [0, 0.05) is 6.61 Å². The van der Waals surface area contributed by atoms with Crippen molar-refractivity contribution in [1.29, 1.82) is 0 Å². The van der Waals surface area contributed by atoms with Crippen LogP contribution in [0.25, 0.3) is 0 Å². The van der Waals surface area contributed by atoms with E-state index in [1.807, 2.05) is 6.92 Å². The maximum atomic E-state index is 12.8. The van der Waals surface area contributed by atoms with Crippen LogP contribution in [0, 0.1) is 0 Å². The lowest BCUT2D eigenvalue weighted by Gasteiger charge is -2.24. The van der Waals surface area contributed by atoms with E-state index in [4.69, 9.17) is 9.47 Å². The molecule has 2 aliphatic carbocycles. The van der Waals surface area contributed by atoms with E-state index in [1.54, 1.807) is 0 Å². The number of rotatable bonds is 9. The Kier molecular flexibility index (Phi) is 9.03. The maximum Gasteiger partial charge on any atom is 0.337 e. The normalized spacial score (nSPS) is 17.5. The molecule has 0 N–H and O–H groups in total. The Morgan fingerprint density at radius 3 is 2.12 bits per heavy atom. The second-order valence-electron chi connectivity index (χ2n) is 6.93. The first-order chi connectivity index (χ1) is 12.3. The molecule has 25 heavy (non-hydrogen) atoms. The van der Waals surface area contributed by atoms with Gasteiger partial charge in [0.2, 0.25) is 0 Å². The molecule has 2 aliphatic rings. The molecule has 2 rings (SSSR count).